The third kappa shape index (κ3) is 5.11. The largest absolute Gasteiger partial charge is 0.398 e. The van der Waals surface area contributed by atoms with Crippen molar-refractivity contribution < 1.29 is 14.3 Å². The summed E-state index contributed by atoms with van der Waals surface area (Å²) in [6.45, 7) is 2.25. The van der Waals surface area contributed by atoms with E-state index >= 15 is 0 Å². The molecule has 0 saturated carbocycles. The van der Waals surface area contributed by atoms with Crippen LogP contribution in [0.15, 0.2) is 22.7 Å². The van der Waals surface area contributed by atoms with Crippen LogP contribution >= 0.6 is 15.9 Å². The quantitative estimate of drug-likeness (QED) is 0.579. The number of hydrogen-bond donors (Lipinski definition) is 1. The lowest BCUT2D eigenvalue weighted by Gasteiger charge is -2.23. The second kappa shape index (κ2) is 8.94. The molecule has 0 fully saturated rings. The molecule has 6 heteroatoms. The Balaban J connectivity index is 2.82. The number of nitrogens with zero attached hydrogens (tertiary/aromatic N) is 1. The van der Waals surface area contributed by atoms with E-state index in [1.807, 2.05) is 6.07 Å². The number of benzene rings is 1. The molecule has 0 saturated heterocycles. The summed E-state index contributed by atoms with van der Waals surface area (Å²) in [7, 11) is 3.26. The molecular formula is C14H21BrN2O3. The van der Waals surface area contributed by atoms with Gasteiger partial charge in [0.25, 0.3) is 5.91 Å². The van der Waals surface area contributed by atoms with Gasteiger partial charge >= 0.3 is 0 Å². The Morgan fingerprint density at radius 1 is 1.25 bits per heavy atom. The van der Waals surface area contributed by atoms with E-state index in [1.165, 1.54) is 0 Å². The minimum Gasteiger partial charge on any atom is -0.398 e. The lowest BCUT2D eigenvalue weighted by atomic mass is 10.1. The van der Waals surface area contributed by atoms with Crippen LogP contribution < -0.4 is 5.73 Å². The van der Waals surface area contributed by atoms with Crippen molar-refractivity contribution in [2.75, 3.05) is 46.3 Å². The van der Waals surface area contributed by atoms with Crippen molar-refractivity contribution in [3.63, 3.8) is 0 Å². The van der Waals surface area contributed by atoms with Gasteiger partial charge in [-0.05, 0) is 24.6 Å². The summed E-state index contributed by atoms with van der Waals surface area (Å²) in [4.78, 5) is 14.3. The van der Waals surface area contributed by atoms with Crippen LogP contribution in [-0.4, -0.2) is 51.3 Å². The summed E-state index contributed by atoms with van der Waals surface area (Å²) < 4.78 is 10.9. The first-order valence-corrected chi connectivity index (χ1v) is 7.21. The summed E-state index contributed by atoms with van der Waals surface area (Å²) in [5.41, 5.74) is 6.87. The van der Waals surface area contributed by atoms with Gasteiger partial charge in [0.1, 0.15) is 0 Å². The second-order valence-corrected chi connectivity index (χ2v) is 5.28. The minimum absolute atomic E-state index is 0.0862. The molecule has 1 aromatic rings. The molecule has 1 amide bonds. The summed E-state index contributed by atoms with van der Waals surface area (Å²) in [5, 5.41) is 0. The molecule has 0 spiro atoms. The lowest BCUT2D eigenvalue weighted by Crippen LogP contribution is -2.35. The normalized spacial score (nSPS) is 10.6. The number of halogens is 1. The Labute approximate surface area is 128 Å². The molecule has 0 bridgehead atoms. The molecule has 0 aromatic heterocycles. The highest BCUT2D eigenvalue weighted by Gasteiger charge is 2.18. The molecule has 1 aromatic carbocycles. The number of nitrogen functional groups attached to an aromatic ring is 1. The Kier molecular flexibility index (Phi) is 7.58. The van der Waals surface area contributed by atoms with Crippen molar-refractivity contribution in [2.24, 2.45) is 0 Å². The first-order chi connectivity index (χ1) is 9.60. The van der Waals surface area contributed by atoms with Gasteiger partial charge in [0.15, 0.2) is 0 Å². The van der Waals surface area contributed by atoms with E-state index in [-0.39, 0.29) is 5.91 Å². The molecule has 0 aliphatic rings. The van der Waals surface area contributed by atoms with Crippen LogP contribution in [0.2, 0.25) is 0 Å². The zero-order valence-corrected chi connectivity index (χ0v) is 13.5. The fourth-order valence-corrected chi connectivity index (χ4v) is 2.16. The van der Waals surface area contributed by atoms with Gasteiger partial charge in [0.05, 0.1) is 12.2 Å². The smallest absolute Gasteiger partial charge is 0.256 e. The first-order valence-electron chi connectivity index (χ1n) is 6.42. The zero-order valence-electron chi connectivity index (χ0n) is 11.9. The van der Waals surface area contributed by atoms with E-state index in [4.69, 9.17) is 15.2 Å². The maximum atomic E-state index is 12.5. The molecule has 0 atom stereocenters. The van der Waals surface area contributed by atoms with Crippen molar-refractivity contribution in [1.82, 2.24) is 4.90 Å². The number of anilines is 1. The molecule has 0 radical (unpaired) electrons. The molecule has 112 valence electrons. The van der Waals surface area contributed by atoms with Crippen molar-refractivity contribution in [3.05, 3.63) is 28.2 Å². The molecule has 0 unspecified atom stereocenters. The van der Waals surface area contributed by atoms with Crippen molar-refractivity contribution in [3.8, 4) is 0 Å². The van der Waals surface area contributed by atoms with Crippen LogP contribution in [0.1, 0.15) is 16.8 Å². The van der Waals surface area contributed by atoms with Gasteiger partial charge in [-0.2, -0.15) is 0 Å². The van der Waals surface area contributed by atoms with Crippen LogP contribution in [0.3, 0.4) is 0 Å². The number of hydrogen-bond acceptors (Lipinski definition) is 4. The molecule has 5 nitrogen and oxygen atoms in total. The van der Waals surface area contributed by atoms with Gasteiger partial charge in [0, 0.05) is 44.1 Å². The first kappa shape index (κ1) is 16.9. The van der Waals surface area contributed by atoms with E-state index in [1.54, 1.807) is 31.3 Å². The van der Waals surface area contributed by atoms with E-state index in [0.717, 1.165) is 10.9 Å². The molecular weight excluding hydrogens is 324 g/mol. The number of carbonyl (C=O) groups excluding carboxylic acids is 1. The highest BCUT2D eigenvalue weighted by atomic mass is 79.9. The van der Waals surface area contributed by atoms with E-state index < -0.39 is 0 Å². The Bertz CT molecular complexity index is 440. The van der Waals surface area contributed by atoms with Crippen LogP contribution in [0.4, 0.5) is 5.69 Å². The van der Waals surface area contributed by atoms with E-state index in [2.05, 4.69) is 15.9 Å². The number of carbonyl (C=O) groups is 1. The molecule has 20 heavy (non-hydrogen) atoms. The fraction of sp³-hybridized carbons (Fsp3) is 0.500. The van der Waals surface area contributed by atoms with Gasteiger partial charge in [-0.3, -0.25) is 4.79 Å². The number of nitrogens with two attached hydrogens (primary N) is 1. The maximum absolute atomic E-state index is 12.5. The monoisotopic (exact) mass is 344 g/mol. The lowest BCUT2D eigenvalue weighted by molar-refractivity contribution is 0.0675. The molecule has 1 rings (SSSR count). The maximum Gasteiger partial charge on any atom is 0.256 e. The van der Waals surface area contributed by atoms with Gasteiger partial charge in [-0.1, -0.05) is 15.9 Å². The summed E-state index contributed by atoms with van der Waals surface area (Å²) >= 11 is 3.36. The average molecular weight is 345 g/mol. The van der Waals surface area contributed by atoms with Crippen LogP contribution in [-0.2, 0) is 9.47 Å². The van der Waals surface area contributed by atoms with Crippen LogP contribution in [0.25, 0.3) is 0 Å². The van der Waals surface area contributed by atoms with Gasteiger partial charge in [-0.15, -0.1) is 0 Å². The highest BCUT2D eigenvalue weighted by molar-refractivity contribution is 9.10. The topological polar surface area (TPSA) is 64.8 Å². The number of methoxy groups -OCH3 is 2. The molecule has 0 aliphatic heterocycles. The van der Waals surface area contributed by atoms with Crippen LogP contribution in [0.5, 0.6) is 0 Å². The third-order valence-corrected chi connectivity index (χ3v) is 3.37. The predicted molar refractivity (Wildman–Crippen MR) is 82.8 cm³/mol. The SMILES string of the molecule is COCCCN(CCOC)C(=O)c1cc(Br)ccc1N. The second-order valence-electron chi connectivity index (χ2n) is 4.36. The van der Waals surface area contributed by atoms with Crippen LogP contribution in [0, 0.1) is 0 Å². The number of ether oxygens (including phenoxy) is 2. The standard InChI is InChI=1S/C14H21BrN2O3/c1-19-8-3-6-17(7-9-20-2)14(18)12-10-11(15)4-5-13(12)16/h4-5,10H,3,6-9,16H2,1-2H3. The average Bonchev–Trinajstić information content (AvgIpc) is 2.44. The molecule has 2 N–H and O–H groups in total. The Hall–Kier alpha value is -1.11. The fourth-order valence-electron chi connectivity index (χ4n) is 1.80. The van der Waals surface area contributed by atoms with Crippen molar-refractivity contribution in [2.45, 2.75) is 6.42 Å². The van der Waals surface area contributed by atoms with Gasteiger partial charge < -0.3 is 20.1 Å². The minimum atomic E-state index is -0.0862. The van der Waals surface area contributed by atoms with E-state index in [9.17, 15) is 4.79 Å². The Morgan fingerprint density at radius 3 is 2.60 bits per heavy atom. The molecule has 0 heterocycles. The van der Waals surface area contributed by atoms with Crippen molar-refractivity contribution >= 4 is 27.5 Å². The predicted octanol–water partition coefficient (Wildman–Crippen LogP) is 2.16. The summed E-state index contributed by atoms with van der Waals surface area (Å²) in [6, 6.07) is 5.28. The summed E-state index contributed by atoms with van der Waals surface area (Å²) in [5.74, 6) is -0.0862. The van der Waals surface area contributed by atoms with Crippen molar-refractivity contribution in [1.29, 1.82) is 0 Å². The van der Waals surface area contributed by atoms with E-state index in [0.29, 0.717) is 37.6 Å². The zero-order chi connectivity index (χ0) is 15.0. The third-order valence-electron chi connectivity index (χ3n) is 2.87. The Morgan fingerprint density at radius 2 is 1.95 bits per heavy atom. The number of amides is 1. The summed E-state index contributed by atoms with van der Waals surface area (Å²) in [6.07, 6.45) is 0.778. The highest BCUT2D eigenvalue weighted by Crippen LogP contribution is 2.20. The number of rotatable bonds is 8. The van der Waals surface area contributed by atoms with Gasteiger partial charge in [0.2, 0.25) is 0 Å². The van der Waals surface area contributed by atoms with Gasteiger partial charge in [-0.25, -0.2) is 0 Å². The molecule has 0 aliphatic carbocycles.